The number of rotatable bonds is 7. The van der Waals surface area contributed by atoms with E-state index in [0.29, 0.717) is 23.9 Å². The van der Waals surface area contributed by atoms with Gasteiger partial charge in [0.15, 0.2) is 5.96 Å². The number of likely N-dealkylation sites (N-methyl/N-ethyl adjacent to an activating group) is 1. The molecule has 1 rings (SSSR count). The van der Waals surface area contributed by atoms with Crippen LogP contribution in [0.2, 0.25) is 0 Å². The second kappa shape index (κ2) is 9.90. The van der Waals surface area contributed by atoms with Gasteiger partial charge in [0.1, 0.15) is 13.1 Å². The molecule has 8 heteroatoms. The first-order valence-corrected chi connectivity index (χ1v) is 8.10. The van der Waals surface area contributed by atoms with Gasteiger partial charge in [-0.1, -0.05) is 37.3 Å². The van der Waals surface area contributed by atoms with Crippen LogP contribution in [0, 0.1) is 0 Å². The maximum atomic E-state index is 12.3. The second-order valence-corrected chi connectivity index (χ2v) is 5.75. The summed E-state index contributed by atoms with van der Waals surface area (Å²) in [6.45, 7) is 3.46. The van der Waals surface area contributed by atoms with Gasteiger partial charge in [0.2, 0.25) is 5.91 Å². The molecule has 1 atom stereocenters. The fourth-order valence-corrected chi connectivity index (χ4v) is 2.12. The standard InChI is InChI=1S/C17H25F3N4O/c1-4-21-16(22-10-13(2)14-8-6-5-7-9-14)23-11-15(25)24(3)12-17(18,19)20/h5-9,13H,4,10-12H2,1-3H3,(H2,21,22,23). The van der Waals surface area contributed by atoms with Crippen molar-refractivity contribution < 1.29 is 18.0 Å². The van der Waals surface area contributed by atoms with Crippen LogP contribution >= 0.6 is 0 Å². The Labute approximate surface area is 146 Å². The number of nitrogens with one attached hydrogen (secondary N) is 2. The Morgan fingerprint density at radius 2 is 1.88 bits per heavy atom. The number of guanidine groups is 1. The van der Waals surface area contributed by atoms with Gasteiger partial charge in [0.05, 0.1) is 0 Å². The molecular formula is C17H25F3N4O. The largest absolute Gasteiger partial charge is 0.406 e. The van der Waals surface area contributed by atoms with Crippen molar-refractivity contribution in [3.05, 3.63) is 35.9 Å². The Morgan fingerprint density at radius 3 is 2.44 bits per heavy atom. The average molecular weight is 358 g/mol. The number of nitrogens with zero attached hydrogens (tertiary/aromatic N) is 2. The molecule has 0 aromatic heterocycles. The summed E-state index contributed by atoms with van der Waals surface area (Å²) in [6, 6.07) is 9.90. The zero-order valence-electron chi connectivity index (χ0n) is 14.7. The SMILES string of the molecule is CCNC(=NCC(=O)N(C)CC(F)(F)F)NCC(C)c1ccccc1. The molecular weight excluding hydrogens is 333 g/mol. The first-order valence-electron chi connectivity index (χ1n) is 8.10. The van der Waals surface area contributed by atoms with E-state index in [1.807, 2.05) is 44.2 Å². The summed E-state index contributed by atoms with van der Waals surface area (Å²) in [7, 11) is 1.11. The van der Waals surface area contributed by atoms with Gasteiger partial charge in [-0.2, -0.15) is 13.2 Å². The predicted molar refractivity (Wildman–Crippen MR) is 92.5 cm³/mol. The second-order valence-electron chi connectivity index (χ2n) is 5.75. The minimum atomic E-state index is -4.41. The number of hydrogen-bond acceptors (Lipinski definition) is 2. The van der Waals surface area contributed by atoms with Crippen LogP contribution in [-0.4, -0.2) is 56.2 Å². The van der Waals surface area contributed by atoms with Crippen molar-refractivity contribution in [2.75, 3.05) is 33.2 Å². The van der Waals surface area contributed by atoms with Gasteiger partial charge >= 0.3 is 6.18 Å². The zero-order valence-corrected chi connectivity index (χ0v) is 14.7. The van der Waals surface area contributed by atoms with E-state index >= 15 is 0 Å². The molecule has 2 N–H and O–H groups in total. The number of aliphatic imine (C=N–C) groups is 1. The highest BCUT2D eigenvalue weighted by Crippen LogP contribution is 2.15. The third-order valence-corrected chi connectivity index (χ3v) is 3.50. The summed E-state index contributed by atoms with van der Waals surface area (Å²) in [5, 5.41) is 6.09. The zero-order chi connectivity index (χ0) is 18.9. The van der Waals surface area contributed by atoms with Gasteiger partial charge in [-0.3, -0.25) is 4.79 Å². The molecule has 0 aliphatic heterocycles. The number of halogens is 3. The van der Waals surface area contributed by atoms with E-state index in [4.69, 9.17) is 0 Å². The highest BCUT2D eigenvalue weighted by molar-refractivity contribution is 5.84. The first kappa shape index (κ1) is 20.8. The average Bonchev–Trinajstić information content (AvgIpc) is 2.56. The topological polar surface area (TPSA) is 56.7 Å². The quantitative estimate of drug-likeness (QED) is 0.581. The number of amides is 1. The number of alkyl halides is 3. The lowest BCUT2D eigenvalue weighted by atomic mass is 10.0. The van der Waals surface area contributed by atoms with Crippen LogP contribution in [0.5, 0.6) is 0 Å². The third kappa shape index (κ3) is 8.42. The maximum Gasteiger partial charge on any atom is 0.406 e. The van der Waals surface area contributed by atoms with Crippen LogP contribution in [0.4, 0.5) is 13.2 Å². The first-order chi connectivity index (χ1) is 11.7. The number of carbonyl (C=O) groups is 1. The molecule has 0 bridgehead atoms. The fourth-order valence-electron chi connectivity index (χ4n) is 2.12. The van der Waals surface area contributed by atoms with Crippen LogP contribution in [0.3, 0.4) is 0 Å². The van der Waals surface area contributed by atoms with Gasteiger partial charge in [0, 0.05) is 20.1 Å². The van der Waals surface area contributed by atoms with Crippen LogP contribution in [-0.2, 0) is 4.79 Å². The summed E-state index contributed by atoms with van der Waals surface area (Å²) in [5.41, 5.74) is 1.16. The van der Waals surface area contributed by atoms with E-state index in [1.54, 1.807) is 0 Å². The van der Waals surface area contributed by atoms with E-state index in [0.717, 1.165) is 12.6 Å². The lowest BCUT2D eigenvalue weighted by Gasteiger charge is -2.19. The van der Waals surface area contributed by atoms with Crippen molar-refractivity contribution in [3.63, 3.8) is 0 Å². The minimum absolute atomic E-state index is 0.216. The molecule has 1 unspecified atom stereocenters. The maximum absolute atomic E-state index is 12.3. The lowest BCUT2D eigenvalue weighted by molar-refractivity contribution is -0.157. The lowest BCUT2D eigenvalue weighted by Crippen LogP contribution is -2.41. The van der Waals surface area contributed by atoms with Gasteiger partial charge in [0.25, 0.3) is 0 Å². The summed E-state index contributed by atoms with van der Waals surface area (Å²) in [6.07, 6.45) is -4.41. The Morgan fingerprint density at radius 1 is 1.24 bits per heavy atom. The van der Waals surface area contributed by atoms with Crippen molar-refractivity contribution in [1.82, 2.24) is 15.5 Å². The monoisotopic (exact) mass is 358 g/mol. The molecule has 0 heterocycles. The number of benzene rings is 1. The third-order valence-electron chi connectivity index (χ3n) is 3.50. The van der Waals surface area contributed by atoms with Gasteiger partial charge in [-0.25, -0.2) is 4.99 Å². The van der Waals surface area contributed by atoms with Crippen molar-refractivity contribution in [2.45, 2.75) is 25.9 Å². The summed E-state index contributed by atoms with van der Waals surface area (Å²) >= 11 is 0. The fraction of sp³-hybridized carbons (Fsp3) is 0.529. The molecule has 0 saturated carbocycles. The molecule has 0 radical (unpaired) electrons. The Bertz CT molecular complexity index is 561. The molecule has 0 saturated heterocycles. The molecule has 1 amide bonds. The smallest absolute Gasteiger partial charge is 0.357 e. The summed E-state index contributed by atoms with van der Waals surface area (Å²) < 4.78 is 36.9. The molecule has 140 valence electrons. The van der Waals surface area contributed by atoms with E-state index < -0.39 is 18.6 Å². The van der Waals surface area contributed by atoms with Crippen molar-refractivity contribution in [1.29, 1.82) is 0 Å². The van der Waals surface area contributed by atoms with E-state index in [2.05, 4.69) is 15.6 Å². The summed E-state index contributed by atoms with van der Waals surface area (Å²) in [5.74, 6) is -0.0710. The highest BCUT2D eigenvalue weighted by atomic mass is 19.4. The molecule has 0 aliphatic rings. The van der Waals surface area contributed by atoms with Crippen LogP contribution in [0.25, 0.3) is 0 Å². The van der Waals surface area contributed by atoms with Crippen molar-refractivity contribution in [3.8, 4) is 0 Å². The van der Waals surface area contributed by atoms with Crippen LogP contribution in [0.1, 0.15) is 25.3 Å². The van der Waals surface area contributed by atoms with E-state index in [-0.39, 0.29) is 12.5 Å². The molecule has 5 nitrogen and oxygen atoms in total. The Balaban J connectivity index is 2.57. The molecule has 0 spiro atoms. The van der Waals surface area contributed by atoms with E-state index in [9.17, 15) is 18.0 Å². The normalized spacial score (nSPS) is 13.3. The predicted octanol–water partition coefficient (Wildman–Crippen LogP) is 2.37. The highest BCUT2D eigenvalue weighted by Gasteiger charge is 2.31. The van der Waals surface area contributed by atoms with Crippen LogP contribution in [0.15, 0.2) is 35.3 Å². The van der Waals surface area contributed by atoms with Crippen molar-refractivity contribution >= 4 is 11.9 Å². The van der Waals surface area contributed by atoms with Gasteiger partial charge in [-0.15, -0.1) is 0 Å². The van der Waals surface area contributed by atoms with E-state index in [1.165, 1.54) is 0 Å². The molecule has 1 aromatic rings. The molecule has 25 heavy (non-hydrogen) atoms. The molecule has 0 fully saturated rings. The Kier molecular flexibility index (Phi) is 8.24. The van der Waals surface area contributed by atoms with Gasteiger partial charge < -0.3 is 15.5 Å². The van der Waals surface area contributed by atoms with Crippen molar-refractivity contribution in [2.24, 2.45) is 4.99 Å². The Hall–Kier alpha value is -2.25. The number of hydrogen-bond donors (Lipinski definition) is 2. The molecule has 1 aromatic carbocycles. The molecule has 0 aliphatic carbocycles. The summed E-state index contributed by atoms with van der Waals surface area (Å²) in [4.78, 5) is 16.4. The minimum Gasteiger partial charge on any atom is -0.357 e. The van der Waals surface area contributed by atoms with Gasteiger partial charge in [-0.05, 0) is 18.4 Å². The number of carbonyl (C=O) groups excluding carboxylic acids is 1. The van der Waals surface area contributed by atoms with Crippen LogP contribution < -0.4 is 10.6 Å².